The average Bonchev–Trinajstić information content (AvgIpc) is 2.47. The Labute approximate surface area is 128 Å². The summed E-state index contributed by atoms with van der Waals surface area (Å²) in [7, 11) is 0. The minimum absolute atomic E-state index is 0.00519. The van der Waals surface area contributed by atoms with Crippen LogP contribution in [0.3, 0.4) is 0 Å². The average molecular weight is 309 g/mol. The van der Waals surface area contributed by atoms with Crippen LogP contribution in [-0.4, -0.2) is 41.1 Å². The molecule has 1 aromatic rings. The Hall–Kier alpha value is -2.11. The highest BCUT2D eigenvalue weighted by molar-refractivity contribution is 5.84. The van der Waals surface area contributed by atoms with Crippen LogP contribution in [0.4, 0.5) is 4.39 Å². The highest BCUT2D eigenvalue weighted by Gasteiger charge is 2.34. The Kier molecular flexibility index (Phi) is 5.00. The molecule has 0 aromatic heterocycles. The summed E-state index contributed by atoms with van der Waals surface area (Å²) in [6.45, 7) is 3.78. The molecule has 0 aliphatic carbocycles. The van der Waals surface area contributed by atoms with Crippen LogP contribution in [0, 0.1) is 18.7 Å². The molecule has 1 saturated heterocycles. The van der Waals surface area contributed by atoms with Crippen LogP contribution < -0.4 is 4.74 Å². The number of likely N-dealkylation sites (tertiary alicyclic amines) is 1. The number of carboxylic acids is 1. The first-order valence-corrected chi connectivity index (χ1v) is 7.29. The van der Waals surface area contributed by atoms with Crippen molar-refractivity contribution in [1.82, 2.24) is 4.90 Å². The van der Waals surface area contributed by atoms with E-state index in [-0.39, 0.29) is 18.3 Å². The molecule has 1 amide bonds. The van der Waals surface area contributed by atoms with Crippen LogP contribution in [0.25, 0.3) is 0 Å². The van der Waals surface area contributed by atoms with Gasteiger partial charge in [0.2, 0.25) is 0 Å². The minimum atomic E-state index is -1.01. The zero-order valence-corrected chi connectivity index (χ0v) is 12.7. The number of nitrogens with zero attached hydrogens (tertiary/aromatic N) is 1. The first-order valence-electron chi connectivity index (χ1n) is 7.29. The summed E-state index contributed by atoms with van der Waals surface area (Å²) in [5.41, 5.74) is 0.819. The maximum Gasteiger partial charge on any atom is 0.326 e. The lowest BCUT2D eigenvalue weighted by Crippen LogP contribution is -2.51. The topological polar surface area (TPSA) is 66.8 Å². The van der Waals surface area contributed by atoms with Crippen LogP contribution in [0.15, 0.2) is 18.2 Å². The molecule has 1 fully saturated rings. The summed E-state index contributed by atoms with van der Waals surface area (Å²) in [6, 6.07) is 3.56. The van der Waals surface area contributed by atoms with Crippen molar-refractivity contribution in [2.24, 2.45) is 5.92 Å². The molecule has 6 heteroatoms. The number of piperidine rings is 1. The summed E-state index contributed by atoms with van der Waals surface area (Å²) in [4.78, 5) is 24.8. The zero-order chi connectivity index (χ0) is 16.3. The van der Waals surface area contributed by atoms with Crippen LogP contribution in [0.1, 0.15) is 25.3 Å². The molecule has 1 heterocycles. The van der Waals surface area contributed by atoms with Crippen molar-refractivity contribution in [3.05, 3.63) is 29.6 Å². The van der Waals surface area contributed by atoms with Gasteiger partial charge in [-0.3, -0.25) is 4.79 Å². The van der Waals surface area contributed by atoms with Gasteiger partial charge in [0.05, 0.1) is 0 Å². The molecule has 0 saturated carbocycles. The van der Waals surface area contributed by atoms with Crippen LogP contribution >= 0.6 is 0 Å². The highest BCUT2D eigenvalue weighted by Crippen LogP contribution is 2.23. The Bertz CT molecular complexity index is 575. The Morgan fingerprint density at radius 2 is 2.18 bits per heavy atom. The number of ether oxygens (including phenoxy) is 1. The number of carbonyl (C=O) groups excluding carboxylic acids is 1. The van der Waals surface area contributed by atoms with Crippen molar-refractivity contribution >= 4 is 11.9 Å². The first-order chi connectivity index (χ1) is 10.4. The van der Waals surface area contributed by atoms with Gasteiger partial charge in [-0.05, 0) is 43.4 Å². The van der Waals surface area contributed by atoms with Crippen LogP contribution in [0.2, 0.25) is 0 Å². The number of hydrogen-bond acceptors (Lipinski definition) is 3. The summed E-state index contributed by atoms with van der Waals surface area (Å²) in [5, 5.41) is 9.25. The monoisotopic (exact) mass is 309 g/mol. The standard InChI is InChI=1S/C16H20FNO4/c1-10-3-4-12(17)14(8-10)22-9-15(19)18-6-5-11(2)7-13(18)16(20)21/h3-4,8,11,13H,5-7,9H2,1-2H3,(H,20,21). The van der Waals surface area contributed by atoms with Gasteiger partial charge in [0.25, 0.3) is 5.91 Å². The summed E-state index contributed by atoms with van der Waals surface area (Å²) >= 11 is 0. The van der Waals surface area contributed by atoms with E-state index in [1.165, 1.54) is 17.0 Å². The molecular formula is C16H20FNO4. The lowest BCUT2D eigenvalue weighted by molar-refractivity contribution is -0.153. The predicted molar refractivity (Wildman–Crippen MR) is 78.2 cm³/mol. The van der Waals surface area contributed by atoms with E-state index in [4.69, 9.17) is 4.74 Å². The quantitative estimate of drug-likeness (QED) is 0.926. The highest BCUT2D eigenvalue weighted by atomic mass is 19.1. The normalized spacial score (nSPS) is 21.5. The molecule has 2 atom stereocenters. The largest absolute Gasteiger partial charge is 0.481 e. The summed E-state index contributed by atoms with van der Waals surface area (Å²) in [6.07, 6.45) is 1.19. The number of hydrogen-bond donors (Lipinski definition) is 1. The van der Waals surface area contributed by atoms with E-state index < -0.39 is 23.7 Å². The number of amides is 1. The van der Waals surface area contributed by atoms with Gasteiger partial charge >= 0.3 is 5.97 Å². The number of aliphatic carboxylic acids is 1. The molecule has 2 rings (SSSR count). The fourth-order valence-electron chi connectivity index (χ4n) is 2.62. The molecule has 1 aliphatic heterocycles. The lowest BCUT2D eigenvalue weighted by atomic mass is 9.92. The minimum Gasteiger partial charge on any atom is -0.481 e. The third kappa shape index (κ3) is 3.75. The van der Waals surface area contributed by atoms with Crippen molar-refractivity contribution < 1.29 is 23.8 Å². The number of carbonyl (C=O) groups is 2. The Morgan fingerprint density at radius 3 is 2.86 bits per heavy atom. The van der Waals surface area contributed by atoms with E-state index >= 15 is 0 Å². The second kappa shape index (κ2) is 6.77. The molecule has 2 unspecified atom stereocenters. The van der Waals surface area contributed by atoms with E-state index in [1.54, 1.807) is 13.0 Å². The Balaban J connectivity index is 2.01. The lowest BCUT2D eigenvalue weighted by Gasteiger charge is -2.35. The van der Waals surface area contributed by atoms with Crippen LogP contribution in [-0.2, 0) is 9.59 Å². The second-order valence-corrected chi connectivity index (χ2v) is 5.79. The van der Waals surface area contributed by atoms with Gasteiger partial charge < -0.3 is 14.7 Å². The molecule has 5 nitrogen and oxygen atoms in total. The fraction of sp³-hybridized carbons (Fsp3) is 0.500. The predicted octanol–water partition coefficient (Wildman–Crippen LogP) is 2.22. The molecule has 0 spiro atoms. The Morgan fingerprint density at radius 1 is 1.45 bits per heavy atom. The number of aryl methyl sites for hydroxylation is 1. The van der Waals surface area contributed by atoms with Gasteiger partial charge in [0.15, 0.2) is 18.2 Å². The smallest absolute Gasteiger partial charge is 0.326 e. The molecule has 1 aromatic carbocycles. The van der Waals surface area contributed by atoms with E-state index in [2.05, 4.69) is 0 Å². The molecular weight excluding hydrogens is 289 g/mol. The van der Waals surface area contributed by atoms with E-state index in [0.29, 0.717) is 13.0 Å². The molecule has 120 valence electrons. The van der Waals surface area contributed by atoms with Gasteiger partial charge in [0.1, 0.15) is 6.04 Å². The van der Waals surface area contributed by atoms with Crippen LogP contribution in [0.5, 0.6) is 5.75 Å². The van der Waals surface area contributed by atoms with Gasteiger partial charge in [-0.1, -0.05) is 13.0 Å². The van der Waals surface area contributed by atoms with E-state index in [0.717, 1.165) is 12.0 Å². The third-order valence-electron chi connectivity index (χ3n) is 3.91. The SMILES string of the molecule is Cc1ccc(F)c(OCC(=O)N2CCC(C)CC2C(=O)O)c1. The van der Waals surface area contributed by atoms with E-state index in [9.17, 15) is 19.1 Å². The number of halogens is 1. The molecule has 0 bridgehead atoms. The molecule has 0 radical (unpaired) electrons. The molecule has 22 heavy (non-hydrogen) atoms. The zero-order valence-electron chi connectivity index (χ0n) is 12.7. The van der Waals surface area contributed by atoms with Gasteiger partial charge in [0, 0.05) is 6.54 Å². The first kappa shape index (κ1) is 16.3. The summed E-state index contributed by atoms with van der Waals surface area (Å²) in [5.74, 6) is -1.71. The van der Waals surface area contributed by atoms with E-state index in [1.807, 2.05) is 6.92 Å². The van der Waals surface area contributed by atoms with Gasteiger partial charge in [-0.25, -0.2) is 9.18 Å². The van der Waals surface area contributed by atoms with Crippen molar-refractivity contribution in [2.75, 3.05) is 13.2 Å². The fourth-order valence-corrected chi connectivity index (χ4v) is 2.62. The van der Waals surface area contributed by atoms with Crippen molar-refractivity contribution in [3.8, 4) is 5.75 Å². The maximum atomic E-state index is 13.6. The number of benzene rings is 1. The van der Waals surface area contributed by atoms with Gasteiger partial charge in [-0.15, -0.1) is 0 Å². The molecule has 1 aliphatic rings. The number of carboxylic acid groups (broad SMARTS) is 1. The maximum absolute atomic E-state index is 13.6. The van der Waals surface area contributed by atoms with Crippen molar-refractivity contribution in [3.63, 3.8) is 0 Å². The summed E-state index contributed by atoms with van der Waals surface area (Å²) < 4.78 is 18.8. The third-order valence-corrected chi connectivity index (χ3v) is 3.91. The van der Waals surface area contributed by atoms with Crippen molar-refractivity contribution in [2.45, 2.75) is 32.7 Å². The van der Waals surface area contributed by atoms with Gasteiger partial charge in [-0.2, -0.15) is 0 Å². The molecule has 1 N–H and O–H groups in total. The number of rotatable bonds is 4. The second-order valence-electron chi connectivity index (χ2n) is 5.79. The van der Waals surface area contributed by atoms with Crippen molar-refractivity contribution in [1.29, 1.82) is 0 Å².